The summed E-state index contributed by atoms with van der Waals surface area (Å²) in [6, 6.07) is 12.8. The topological polar surface area (TPSA) is 36.4 Å². The molecule has 0 aliphatic carbocycles. The molecule has 0 radical (unpaired) electrons. The second-order valence-corrected chi connectivity index (χ2v) is 8.28. The van der Waals surface area contributed by atoms with E-state index in [0.29, 0.717) is 13.1 Å². The lowest BCUT2D eigenvalue weighted by Gasteiger charge is -2.37. The highest BCUT2D eigenvalue weighted by atomic mass is 32.1. The molecule has 4 nitrogen and oxygen atoms in total. The molecule has 2 aromatic carbocycles. The van der Waals surface area contributed by atoms with Crippen LogP contribution in [0.15, 0.2) is 47.8 Å². The molecule has 3 aromatic rings. The van der Waals surface area contributed by atoms with Crippen LogP contribution in [-0.4, -0.2) is 42.0 Å². The van der Waals surface area contributed by atoms with Crippen molar-refractivity contribution >= 4 is 22.9 Å². The molecular weight excluding hydrogens is 385 g/mol. The van der Waals surface area contributed by atoms with Gasteiger partial charge in [0.2, 0.25) is 5.91 Å². The Morgan fingerprint density at radius 1 is 1.10 bits per heavy atom. The van der Waals surface area contributed by atoms with Crippen LogP contribution < -0.4 is 4.90 Å². The number of amides is 1. The van der Waals surface area contributed by atoms with Crippen molar-refractivity contribution in [3.05, 3.63) is 70.5 Å². The molecule has 4 rings (SSSR count). The Balaban J connectivity index is 1.36. The number of thiazole rings is 1. The van der Waals surface area contributed by atoms with Gasteiger partial charge in [-0.2, -0.15) is 0 Å². The molecule has 1 fully saturated rings. The molecule has 1 aromatic heterocycles. The van der Waals surface area contributed by atoms with E-state index in [1.54, 1.807) is 6.07 Å². The fourth-order valence-electron chi connectivity index (χ4n) is 3.68. The Morgan fingerprint density at radius 3 is 2.62 bits per heavy atom. The quantitative estimate of drug-likeness (QED) is 0.638. The Hall–Kier alpha value is -2.73. The van der Waals surface area contributed by atoms with Crippen LogP contribution in [0.5, 0.6) is 0 Å². The number of benzene rings is 2. The zero-order chi connectivity index (χ0) is 20.4. The molecule has 1 saturated heterocycles. The molecule has 0 saturated carbocycles. The fraction of sp³-hybridized carbons (Fsp3) is 0.304. The predicted molar refractivity (Wildman–Crippen MR) is 116 cm³/mol. The molecule has 0 N–H and O–H groups in total. The third-order valence-corrected chi connectivity index (χ3v) is 6.44. The first-order valence-electron chi connectivity index (χ1n) is 9.80. The number of aryl methyl sites for hydroxylation is 1. The lowest BCUT2D eigenvalue weighted by atomic mass is 10.1. The van der Waals surface area contributed by atoms with Gasteiger partial charge in [0, 0.05) is 42.8 Å². The van der Waals surface area contributed by atoms with Crippen molar-refractivity contribution in [3.63, 3.8) is 0 Å². The van der Waals surface area contributed by atoms with Crippen LogP contribution >= 0.6 is 11.3 Å². The molecule has 6 heteroatoms. The molecular formula is C23H24FN3OS. The maximum Gasteiger partial charge on any atom is 0.228 e. The Labute approximate surface area is 174 Å². The SMILES string of the molecule is Cc1cccc(N2CCN(C(=O)Cc3csc(-c4cccc(F)c4)n3)CC2)c1C. The van der Waals surface area contributed by atoms with E-state index in [1.165, 1.54) is 40.3 Å². The van der Waals surface area contributed by atoms with Crippen molar-refractivity contribution in [3.8, 4) is 10.6 Å². The zero-order valence-corrected chi connectivity index (χ0v) is 17.5. The average Bonchev–Trinajstić information content (AvgIpc) is 3.19. The van der Waals surface area contributed by atoms with Crippen LogP contribution in [0, 0.1) is 19.7 Å². The molecule has 0 bridgehead atoms. The summed E-state index contributed by atoms with van der Waals surface area (Å²) in [7, 11) is 0. The van der Waals surface area contributed by atoms with Gasteiger partial charge in [-0.3, -0.25) is 4.79 Å². The molecule has 0 spiro atoms. The first-order valence-corrected chi connectivity index (χ1v) is 10.7. The Morgan fingerprint density at radius 2 is 1.86 bits per heavy atom. The summed E-state index contributed by atoms with van der Waals surface area (Å²) in [5, 5.41) is 2.64. The van der Waals surface area contributed by atoms with Crippen LogP contribution in [0.1, 0.15) is 16.8 Å². The largest absolute Gasteiger partial charge is 0.368 e. The van der Waals surface area contributed by atoms with Crippen molar-refractivity contribution in [2.24, 2.45) is 0 Å². The maximum atomic E-state index is 13.4. The van der Waals surface area contributed by atoms with Crippen molar-refractivity contribution in [2.75, 3.05) is 31.1 Å². The normalized spacial score (nSPS) is 14.3. The zero-order valence-electron chi connectivity index (χ0n) is 16.7. The number of hydrogen-bond donors (Lipinski definition) is 0. The summed E-state index contributed by atoms with van der Waals surface area (Å²) in [6.45, 7) is 7.38. The van der Waals surface area contributed by atoms with Gasteiger partial charge in [-0.1, -0.05) is 24.3 Å². The number of halogens is 1. The van der Waals surface area contributed by atoms with E-state index in [-0.39, 0.29) is 18.1 Å². The summed E-state index contributed by atoms with van der Waals surface area (Å²) in [6.07, 6.45) is 0.287. The van der Waals surface area contributed by atoms with Gasteiger partial charge in [-0.25, -0.2) is 9.37 Å². The summed E-state index contributed by atoms with van der Waals surface area (Å²) in [5.41, 5.74) is 5.35. The predicted octanol–water partition coefficient (Wildman–Crippen LogP) is 4.46. The van der Waals surface area contributed by atoms with Crippen LogP contribution in [0.3, 0.4) is 0 Å². The van der Waals surface area contributed by atoms with Crippen molar-refractivity contribution in [2.45, 2.75) is 20.3 Å². The first kappa shape index (κ1) is 19.6. The van der Waals surface area contributed by atoms with Gasteiger partial charge in [0.1, 0.15) is 10.8 Å². The Bertz CT molecular complexity index is 1020. The van der Waals surface area contributed by atoms with Gasteiger partial charge < -0.3 is 9.80 Å². The van der Waals surface area contributed by atoms with E-state index in [4.69, 9.17) is 0 Å². The second kappa shape index (κ2) is 8.33. The average molecular weight is 410 g/mol. The third-order valence-electron chi connectivity index (χ3n) is 5.50. The summed E-state index contributed by atoms with van der Waals surface area (Å²) >= 11 is 1.44. The number of rotatable bonds is 4. The second-order valence-electron chi connectivity index (χ2n) is 7.42. The molecule has 0 atom stereocenters. The highest BCUT2D eigenvalue weighted by Gasteiger charge is 2.23. The number of hydrogen-bond acceptors (Lipinski definition) is 4. The van der Waals surface area contributed by atoms with E-state index >= 15 is 0 Å². The monoisotopic (exact) mass is 409 g/mol. The molecule has 1 amide bonds. The number of nitrogens with zero attached hydrogens (tertiary/aromatic N) is 3. The van der Waals surface area contributed by atoms with Gasteiger partial charge in [0.15, 0.2) is 0 Å². The van der Waals surface area contributed by atoms with Crippen LogP contribution in [-0.2, 0) is 11.2 Å². The standard InChI is InChI=1S/C23H24FN3OS/c1-16-5-3-8-21(17(16)2)26-9-11-27(12-10-26)22(28)14-20-15-29-23(25-20)18-6-4-7-19(24)13-18/h3-8,13,15H,9-12,14H2,1-2H3. The van der Waals surface area contributed by atoms with E-state index < -0.39 is 0 Å². The highest BCUT2D eigenvalue weighted by molar-refractivity contribution is 7.13. The van der Waals surface area contributed by atoms with E-state index in [1.807, 2.05) is 16.3 Å². The molecule has 29 heavy (non-hydrogen) atoms. The van der Waals surface area contributed by atoms with Gasteiger partial charge in [0.05, 0.1) is 12.1 Å². The van der Waals surface area contributed by atoms with Crippen LogP contribution in [0.2, 0.25) is 0 Å². The third kappa shape index (κ3) is 4.32. The summed E-state index contributed by atoms with van der Waals surface area (Å²) in [4.78, 5) is 21.6. The van der Waals surface area contributed by atoms with Gasteiger partial charge in [-0.05, 0) is 43.2 Å². The number of aromatic nitrogens is 1. The van der Waals surface area contributed by atoms with Crippen molar-refractivity contribution < 1.29 is 9.18 Å². The lowest BCUT2D eigenvalue weighted by molar-refractivity contribution is -0.130. The number of piperazine rings is 1. The lowest BCUT2D eigenvalue weighted by Crippen LogP contribution is -2.49. The highest BCUT2D eigenvalue weighted by Crippen LogP contribution is 2.26. The molecule has 1 aliphatic rings. The Kier molecular flexibility index (Phi) is 5.62. The van der Waals surface area contributed by atoms with Gasteiger partial charge >= 0.3 is 0 Å². The molecule has 2 heterocycles. The van der Waals surface area contributed by atoms with Gasteiger partial charge in [-0.15, -0.1) is 11.3 Å². The molecule has 1 aliphatic heterocycles. The van der Waals surface area contributed by atoms with Crippen LogP contribution in [0.25, 0.3) is 10.6 Å². The van der Waals surface area contributed by atoms with E-state index in [2.05, 4.69) is 41.9 Å². The van der Waals surface area contributed by atoms with E-state index in [9.17, 15) is 9.18 Å². The fourth-order valence-corrected chi connectivity index (χ4v) is 4.50. The minimum atomic E-state index is -0.281. The van der Waals surface area contributed by atoms with Crippen LogP contribution in [0.4, 0.5) is 10.1 Å². The van der Waals surface area contributed by atoms with Crippen molar-refractivity contribution in [1.29, 1.82) is 0 Å². The number of carbonyl (C=O) groups is 1. The first-order chi connectivity index (χ1) is 14.0. The minimum Gasteiger partial charge on any atom is -0.368 e. The molecule has 150 valence electrons. The molecule has 0 unspecified atom stereocenters. The summed E-state index contributed by atoms with van der Waals surface area (Å²) < 4.78 is 13.4. The minimum absolute atomic E-state index is 0.0988. The number of carbonyl (C=O) groups excluding carboxylic acids is 1. The summed E-state index contributed by atoms with van der Waals surface area (Å²) in [5.74, 6) is -0.182. The van der Waals surface area contributed by atoms with E-state index in [0.717, 1.165) is 29.4 Å². The number of anilines is 1. The maximum absolute atomic E-state index is 13.4. The van der Waals surface area contributed by atoms with Crippen molar-refractivity contribution in [1.82, 2.24) is 9.88 Å². The van der Waals surface area contributed by atoms with Gasteiger partial charge in [0.25, 0.3) is 0 Å². The smallest absolute Gasteiger partial charge is 0.228 e.